The molecule has 5 nitrogen and oxygen atoms in total. The van der Waals surface area contributed by atoms with E-state index < -0.39 is 0 Å². The van der Waals surface area contributed by atoms with Gasteiger partial charge in [0.05, 0.1) is 5.52 Å². The van der Waals surface area contributed by atoms with Gasteiger partial charge in [0.2, 0.25) is 0 Å². The van der Waals surface area contributed by atoms with Crippen LogP contribution in [0.5, 0.6) is 5.75 Å². The first kappa shape index (κ1) is 18.1. The van der Waals surface area contributed by atoms with E-state index in [1.807, 2.05) is 30.3 Å². The summed E-state index contributed by atoms with van der Waals surface area (Å²) in [5.41, 5.74) is 2.39. The van der Waals surface area contributed by atoms with E-state index in [0.717, 1.165) is 16.6 Å². The number of pyridine rings is 1. The van der Waals surface area contributed by atoms with Crippen molar-refractivity contribution in [3.8, 4) is 5.75 Å². The zero-order valence-electron chi connectivity index (χ0n) is 14.9. The number of H-pyrrole nitrogens is 1. The Hall–Kier alpha value is -3.31. The molecule has 1 amide bonds. The van der Waals surface area contributed by atoms with E-state index >= 15 is 0 Å². The zero-order valence-corrected chi connectivity index (χ0v) is 15.6. The largest absolute Gasteiger partial charge is 0.484 e. The first-order valence-electron chi connectivity index (χ1n) is 8.79. The van der Waals surface area contributed by atoms with Crippen LogP contribution in [0.25, 0.3) is 21.8 Å². The van der Waals surface area contributed by atoms with Gasteiger partial charge in [-0.1, -0.05) is 35.9 Å². The maximum absolute atomic E-state index is 12.7. The molecule has 0 unspecified atom stereocenters. The van der Waals surface area contributed by atoms with Crippen molar-refractivity contribution in [2.75, 3.05) is 6.61 Å². The maximum Gasteiger partial charge on any atom is 0.258 e. The monoisotopic (exact) mass is 392 g/mol. The lowest BCUT2D eigenvalue weighted by Gasteiger charge is -2.09. The highest BCUT2D eigenvalue weighted by Gasteiger charge is 2.08. The number of amides is 1. The standard InChI is InChI=1S/C22H17ClN2O3/c23-15-7-5-14(6-8-15)12-24-21(26)13-28-16-9-10-20-18(11-16)22(27)17-3-1-2-4-19(17)25-20/h1-11H,12-13H2,(H,24,26)(H,25,27). The molecule has 1 aromatic heterocycles. The fourth-order valence-electron chi connectivity index (χ4n) is 2.99. The molecule has 0 aliphatic carbocycles. The SMILES string of the molecule is O=C(COc1ccc2[nH]c3ccccc3c(=O)c2c1)NCc1ccc(Cl)cc1. The van der Waals surface area contributed by atoms with Gasteiger partial charge in [-0.15, -0.1) is 0 Å². The summed E-state index contributed by atoms with van der Waals surface area (Å²) in [5.74, 6) is 0.220. The van der Waals surface area contributed by atoms with E-state index in [2.05, 4.69) is 10.3 Å². The van der Waals surface area contributed by atoms with Crippen LogP contribution in [0.4, 0.5) is 0 Å². The molecule has 6 heteroatoms. The summed E-state index contributed by atoms with van der Waals surface area (Å²) in [6.45, 7) is 0.257. The lowest BCUT2D eigenvalue weighted by atomic mass is 10.1. The summed E-state index contributed by atoms with van der Waals surface area (Å²) >= 11 is 5.84. The Balaban J connectivity index is 1.45. The smallest absolute Gasteiger partial charge is 0.258 e. The molecule has 0 aliphatic heterocycles. The molecule has 28 heavy (non-hydrogen) atoms. The highest BCUT2D eigenvalue weighted by molar-refractivity contribution is 6.30. The summed E-state index contributed by atoms with van der Waals surface area (Å²) in [6, 6.07) is 19.8. The van der Waals surface area contributed by atoms with Gasteiger partial charge in [0.1, 0.15) is 5.75 Å². The third kappa shape index (κ3) is 3.85. The van der Waals surface area contributed by atoms with Crippen LogP contribution < -0.4 is 15.5 Å². The lowest BCUT2D eigenvalue weighted by molar-refractivity contribution is -0.123. The molecule has 0 spiro atoms. The summed E-state index contributed by atoms with van der Waals surface area (Å²) in [6.07, 6.45) is 0. The Kier molecular flexibility index (Phi) is 5.00. The van der Waals surface area contributed by atoms with E-state index in [1.165, 1.54) is 0 Å². The number of ether oxygens (including phenoxy) is 1. The number of nitrogens with one attached hydrogen (secondary N) is 2. The Labute approximate surface area is 165 Å². The Morgan fingerprint density at radius 1 is 0.964 bits per heavy atom. The normalized spacial score (nSPS) is 10.9. The molecule has 4 rings (SSSR count). The maximum atomic E-state index is 12.7. The van der Waals surface area contributed by atoms with Crippen molar-refractivity contribution in [3.05, 3.63) is 87.5 Å². The second kappa shape index (κ2) is 7.74. The zero-order chi connectivity index (χ0) is 19.5. The minimum absolute atomic E-state index is 0.0676. The highest BCUT2D eigenvalue weighted by atomic mass is 35.5. The van der Waals surface area contributed by atoms with E-state index in [1.54, 1.807) is 36.4 Å². The number of hydrogen-bond donors (Lipinski definition) is 2. The molecule has 140 valence electrons. The molecule has 0 aliphatic rings. The molecule has 0 saturated carbocycles. The Morgan fingerprint density at radius 3 is 2.54 bits per heavy atom. The van der Waals surface area contributed by atoms with E-state index in [-0.39, 0.29) is 17.9 Å². The molecular formula is C22H17ClN2O3. The van der Waals surface area contributed by atoms with Crippen LogP contribution >= 0.6 is 11.6 Å². The molecule has 1 heterocycles. The number of benzene rings is 3. The number of carbonyl (C=O) groups excluding carboxylic acids is 1. The molecule has 2 N–H and O–H groups in total. The third-order valence-corrected chi connectivity index (χ3v) is 4.70. The Bertz CT molecular complexity index is 1220. The van der Waals surface area contributed by atoms with Gasteiger partial charge in [0.25, 0.3) is 5.91 Å². The number of halogens is 1. The fraction of sp³-hybridized carbons (Fsp3) is 0.0909. The van der Waals surface area contributed by atoms with Gasteiger partial charge in [-0.3, -0.25) is 9.59 Å². The number of aromatic nitrogens is 1. The molecule has 0 fully saturated rings. The van der Waals surface area contributed by atoms with Crippen molar-refractivity contribution in [2.45, 2.75) is 6.54 Å². The summed E-state index contributed by atoms with van der Waals surface area (Å²) in [7, 11) is 0. The molecule has 0 atom stereocenters. The van der Waals surface area contributed by atoms with Crippen molar-refractivity contribution in [2.24, 2.45) is 0 Å². The van der Waals surface area contributed by atoms with Crippen LogP contribution in [-0.2, 0) is 11.3 Å². The third-order valence-electron chi connectivity index (χ3n) is 4.45. The molecule has 0 saturated heterocycles. The van der Waals surface area contributed by atoms with Gasteiger partial charge in [0.15, 0.2) is 12.0 Å². The molecular weight excluding hydrogens is 376 g/mol. The van der Waals surface area contributed by atoms with Crippen LogP contribution in [0.2, 0.25) is 5.02 Å². The van der Waals surface area contributed by atoms with Gasteiger partial charge >= 0.3 is 0 Å². The fourth-order valence-corrected chi connectivity index (χ4v) is 3.12. The van der Waals surface area contributed by atoms with Gasteiger partial charge in [-0.05, 0) is 48.0 Å². The van der Waals surface area contributed by atoms with Crippen LogP contribution in [0.15, 0.2) is 71.5 Å². The predicted molar refractivity (Wildman–Crippen MR) is 111 cm³/mol. The van der Waals surface area contributed by atoms with Gasteiger partial charge in [-0.25, -0.2) is 0 Å². The van der Waals surface area contributed by atoms with Crippen molar-refractivity contribution < 1.29 is 9.53 Å². The quantitative estimate of drug-likeness (QED) is 0.504. The second-order valence-electron chi connectivity index (χ2n) is 6.40. The molecule has 4 aromatic rings. The first-order valence-corrected chi connectivity index (χ1v) is 9.17. The van der Waals surface area contributed by atoms with Crippen LogP contribution in [-0.4, -0.2) is 17.5 Å². The lowest BCUT2D eigenvalue weighted by Crippen LogP contribution is -2.28. The van der Waals surface area contributed by atoms with Gasteiger partial charge in [0, 0.05) is 27.9 Å². The number of aromatic amines is 1. The van der Waals surface area contributed by atoms with Crippen LogP contribution in [0.1, 0.15) is 5.56 Å². The number of fused-ring (bicyclic) bond motifs is 2. The molecule has 0 radical (unpaired) electrons. The topological polar surface area (TPSA) is 71.2 Å². The van der Waals surface area contributed by atoms with Crippen molar-refractivity contribution in [1.82, 2.24) is 10.3 Å². The molecule has 0 bridgehead atoms. The van der Waals surface area contributed by atoms with Crippen LogP contribution in [0.3, 0.4) is 0 Å². The van der Waals surface area contributed by atoms with E-state index in [0.29, 0.717) is 28.1 Å². The average Bonchev–Trinajstić information content (AvgIpc) is 2.72. The first-order chi connectivity index (χ1) is 13.6. The summed E-state index contributed by atoms with van der Waals surface area (Å²) < 4.78 is 5.56. The number of hydrogen-bond acceptors (Lipinski definition) is 3. The second-order valence-corrected chi connectivity index (χ2v) is 6.84. The molecule has 3 aromatic carbocycles. The number of carbonyl (C=O) groups is 1. The van der Waals surface area contributed by atoms with Crippen molar-refractivity contribution in [1.29, 1.82) is 0 Å². The summed E-state index contributed by atoms with van der Waals surface area (Å²) in [5, 5.41) is 4.58. The predicted octanol–water partition coefficient (Wildman–Crippen LogP) is 4.03. The van der Waals surface area contributed by atoms with Crippen molar-refractivity contribution >= 4 is 39.3 Å². The van der Waals surface area contributed by atoms with Crippen molar-refractivity contribution in [3.63, 3.8) is 0 Å². The minimum Gasteiger partial charge on any atom is -0.484 e. The van der Waals surface area contributed by atoms with Gasteiger partial charge < -0.3 is 15.0 Å². The van der Waals surface area contributed by atoms with Crippen LogP contribution in [0, 0.1) is 0 Å². The van der Waals surface area contributed by atoms with E-state index in [9.17, 15) is 9.59 Å². The Morgan fingerprint density at radius 2 is 1.71 bits per heavy atom. The van der Waals surface area contributed by atoms with E-state index in [4.69, 9.17) is 16.3 Å². The minimum atomic E-state index is -0.248. The highest BCUT2D eigenvalue weighted by Crippen LogP contribution is 2.20. The van der Waals surface area contributed by atoms with Gasteiger partial charge in [-0.2, -0.15) is 0 Å². The number of rotatable bonds is 5. The average molecular weight is 393 g/mol. The summed E-state index contributed by atoms with van der Waals surface area (Å²) in [4.78, 5) is 28.0. The number of para-hydroxylation sites is 1.